The van der Waals surface area contributed by atoms with Crippen LogP contribution in [0.25, 0.3) is 0 Å². The van der Waals surface area contributed by atoms with E-state index in [-0.39, 0.29) is 6.61 Å². The molecule has 0 N–H and O–H groups in total. The summed E-state index contributed by atoms with van der Waals surface area (Å²) >= 11 is 5.78. The van der Waals surface area contributed by atoms with Crippen molar-refractivity contribution in [2.45, 2.75) is 6.92 Å². The molecule has 0 atom stereocenters. The van der Waals surface area contributed by atoms with Crippen molar-refractivity contribution in [3.8, 4) is 18.1 Å². The molecule has 0 heterocycles. The van der Waals surface area contributed by atoms with Gasteiger partial charge in [-0.1, -0.05) is 17.5 Å². The Hall–Kier alpha value is -1.46. The second kappa shape index (κ2) is 4.69. The van der Waals surface area contributed by atoms with Crippen LogP contribution in [0.3, 0.4) is 0 Å². The third-order valence-electron chi connectivity index (χ3n) is 1.69. The van der Waals surface area contributed by atoms with Crippen LogP contribution in [0, 0.1) is 19.3 Å². The lowest BCUT2D eigenvalue weighted by Gasteiger charge is -2.09. The molecular formula is C11H9ClO2. The van der Waals surface area contributed by atoms with Crippen LogP contribution in [-0.4, -0.2) is 12.9 Å². The van der Waals surface area contributed by atoms with Crippen molar-refractivity contribution in [1.29, 1.82) is 0 Å². The van der Waals surface area contributed by atoms with E-state index >= 15 is 0 Å². The third-order valence-corrected chi connectivity index (χ3v) is 1.91. The molecule has 0 aliphatic rings. The highest BCUT2D eigenvalue weighted by Gasteiger charge is 2.07. The van der Waals surface area contributed by atoms with Crippen LogP contribution in [-0.2, 0) is 0 Å². The molecule has 0 unspecified atom stereocenters. The molecule has 0 amide bonds. The van der Waals surface area contributed by atoms with Gasteiger partial charge in [0.2, 0.25) is 0 Å². The molecule has 0 radical (unpaired) electrons. The first-order chi connectivity index (χ1) is 6.69. The lowest BCUT2D eigenvalue weighted by atomic mass is 10.1. The Morgan fingerprint density at radius 1 is 1.64 bits per heavy atom. The highest BCUT2D eigenvalue weighted by molar-refractivity contribution is 6.31. The number of hydrogen-bond donors (Lipinski definition) is 0. The van der Waals surface area contributed by atoms with Gasteiger partial charge < -0.3 is 4.74 Å². The van der Waals surface area contributed by atoms with E-state index in [0.29, 0.717) is 22.6 Å². The summed E-state index contributed by atoms with van der Waals surface area (Å²) in [6, 6.07) is 3.27. The Bertz CT molecular complexity index is 391. The van der Waals surface area contributed by atoms with Crippen molar-refractivity contribution in [3.05, 3.63) is 28.3 Å². The summed E-state index contributed by atoms with van der Waals surface area (Å²) in [7, 11) is 0. The average Bonchev–Trinajstić information content (AvgIpc) is 2.15. The number of ether oxygens (including phenoxy) is 1. The third kappa shape index (κ3) is 2.27. The minimum absolute atomic E-state index is 0.142. The van der Waals surface area contributed by atoms with Crippen LogP contribution < -0.4 is 4.74 Å². The molecule has 0 spiro atoms. The van der Waals surface area contributed by atoms with E-state index in [1.165, 1.54) is 0 Å². The summed E-state index contributed by atoms with van der Waals surface area (Å²) in [6.07, 6.45) is 5.76. The van der Waals surface area contributed by atoms with Crippen molar-refractivity contribution >= 4 is 17.9 Å². The van der Waals surface area contributed by atoms with Gasteiger partial charge in [-0.3, -0.25) is 4.79 Å². The van der Waals surface area contributed by atoms with Gasteiger partial charge in [0, 0.05) is 5.02 Å². The zero-order chi connectivity index (χ0) is 10.6. The minimum atomic E-state index is 0.142. The quantitative estimate of drug-likeness (QED) is 0.564. The minimum Gasteiger partial charge on any atom is -0.480 e. The Balaban J connectivity index is 3.13. The summed E-state index contributed by atoms with van der Waals surface area (Å²) in [5.41, 5.74) is 1.22. The van der Waals surface area contributed by atoms with Crippen LogP contribution in [0.1, 0.15) is 15.9 Å². The maximum absolute atomic E-state index is 10.7. The van der Waals surface area contributed by atoms with E-state index in [1.54, 1.807) is 12.1 Å². The van der Waals surface area contributed by atoms with Crippen molar-refractivity contribution in [3.63, 3.8) is 0 Å². The number of halogens is 1. The molecule has 72 valence electrons. The summed E-state index contributed by atoms with van der Waals surface area (Å²) < 4.78 is 5.24. The highest BCUT2D eigenvalue weighted by atomic mass is 35.5. The predicted octanol–water partition coefficient (Wildman–Crippen LogP) is 2.47. The van der Waals surface area contributed by atoms with Crippen LogP contribution in [0.4, 0.5) is 0 Å². The molecule has 0 fully saturated rings. The fourth-order valence-electron chi connectivity index (χ4n) is 1.15. The van der Waals surface area contributed by atoms with Gasteiger partial charge in [0.05, 0.1) is 5.56 Å². The van der Waals surface area contributed by atoms with Crippen molar-refractivity contribution in [1.82, 2.24) is 0 Å². The van der Waals surface area contributed by atoms with E-state index in [2.05, 4.69) is 5.92 Å². The van der Waals surface area contributed by atoms with Gasteiger partial charge in [0.25, 0.3) is 0 Å². The number of aryl methyl sites for hydroxylation is 1. The molecule has 0 aliphatic carbocycles. The molecule has 0 saturated carbocycles. The first kappa shape index (κ1) is 10.6. The first-order valence-electron chi connectivity index (χ1n) is 4.00. The molecule has 1 aromatic rings. The molecule has 1 aromatic carbocycles. The standard InChI is InChI=1S/C11H9ClO2/c1-3-4-14-11-8(2)5-10(12)6-9(11)7-13/h1,5-7H,4H2,2H3. The summed E-state index contributed by atoms with van der Waals surface area (Å²) in [5.74, 6) is 2.84. The summed E-state index contributed by atoms with van der Waals surface area (Å²) in [5, 5.41) is 0.512. The Morgan fingerprint density at radius 2 is 2.36 bits per heavy atom. The predicted molar refractivity (Wildman–Crippen MR) is 55.9 cm³/mol. The summed E-state index contributed by atoms with van der Waals surface area (Å²) in [4.78, 5) is 10.7. The van der Waals surface area contributed by atoms with Gasteiger partial charge in [-0.15, -0.1) is 6.42 Å². The van der Waals surface area contributed by atoms with Crippen LogP contribution >= 0.6 is 11.6 Å². The Morgan fingerprint density at radius 3 is 2.93 bits per heavy atom. The Labute approximate surface area is 87.8 Å². The molecule has 0 saturated heterocycles. The second-order valence-electron chi connectivity index (χ2n) is 2.75. The molecule has 14 heavy (non-hydrogen) atoms. The number of benzene rings is 1. The molecule has 0 aliphatic heterocycles. The molecule has 2 nitrogen and oxygen atoms in total. The zero-order valence-electron chi connectivity index (χ0n) is 7.71. The number of terminal acetylenes is 1. The zero-order valence-corrected chi connectivity index (χ0v) is 8.47. The normalized spacial score (nSPS) is 9.21. The van der Waals surface area contributed by atoms with Crippen molar-refractivity contribution in [2.75, 3.05) is 6.61 Å². The van der Waals surface area contributed by atoms with E-state index in [0.717, 1.165) is 5.56 Å². The van der Waals surface area contributed by atoms with E-state index in [4.69, 9.17) is 22.8 Å². The van der Waals surface area contributed by atoms with Gasteiger partial charge >= 0.3 is 0 Å². The maximum Gasteiger partial charge on any atom is 0.153 e. The van der Waals surface area contributed by atoms with Crippen molar-refractivity contribution in [2.24, 2.45) is 0 Å². The Kier molecular flexibility index (Phi) is 3.55. The molecule has 0 bridgehead atoms. The second-order valence-corrected chi connectivity index (χ2v) is 3.19. The van der Waals surface area contributed by atoms with Gasteiger partial charge in [0.15, 0.2) is 6.29 Å². The fraction of sp³-hybridized carbons (Fsp3) is 0.182. The number of carbonyl (C=O) groups is 1. The molecule has 0 aromatic heterocycles. The topological polar surface area (TPSA) is 26.3 Å². The smallest absolute Gasteiger partial charge is 0.153 e. The lowest BCUT2D eigenvalue weighted by molar-refractivity contribution is 0.112. The average molecular weight is 209 g/mol. The lowest BCUT2D eigenvalue weighted by Crippen LogP contribution is -1.99. The molecule has 1 rings (SSSR count). The highest BCUT2D eigenvalue weighted by Crippen LogP contribution is 2.26. The fourth-order valence-corrected chi connectivity index (χ4v) is 1.44. The largest absolute Gasteiger partial charge is 0.480 e. The summed E-state index contributed by atoms with van der Waals surface area (Å²) in [6.45, 7) is 1.95. The number of carbonyl (C=O) groups excluding carboxylic acids is 1. The maximum atomic E-state index is 10.7. The number of rotatable bonds is 3. The van der Waals surface area contributed by atoms with Crippen LogP contribution in [0.15, 0.2) is 12.1 Å². The van der Waals surface area contributed by atoms with Gasteiger partial charge in [-0.25, -0.2) is 0 Å². The van der Waals surface area contributed by atoms with Crippen molar-refractivity contribution < 1.29 is 9.53 Å². The van der Waals surface area contributed by atoms with Crippen LogP contribution in [0.5, 0.6) is 5.75 Å². The van der Waals surface area contributed by atoms with E-state index < -0.39 is 0 Å². The van der Waals surface area contributed by atoms with Gasteiger partial charge in [-0.05, 0) is 24.6 Å². The van der Waals surface area contributed by atoms with E-state index in [1.807, 2.05) is 6.92 Å². The molecular weight excluding hydrogens is 200 g/mol. The van der Waals surface area contributed by atoms with Gasteiger partial charge in [-0.2, -0.15) is 0 Å². The first-order valence-corrected chi connectivity index (χ1v) is 4.38. The number of aldehydes is 1. The van der Waals surface area contributed by atoms with E-state index in [9.17, 15) is 4.79 Å². The van der Waals surface area contributed by atoms with Crippen LogP contribution in [0.2, 0.25) is 5.02 Å². The SMILES string of the molecule is C#CCOc1c(C)cc(Cl)cc1C=O. The molecule has 3 heteroatoms. The number of hydrogen-bond acceptors (Lipinski definition) is 2. The van der Waals surface area contributed by atoms with Gasteiger partial charge in [0.1, 0.15) is 12.4 Å². The monoisotopic (exact) mass is 208 g/mol.